The van der Waals surface area contributed by atoms with Gasteiger partial charge < -0.3 is 15.3 Å². The highest BCUT2D eigenvalue weighted by Gasteiger charge is 2.42. The fraction of sp³-hybridized carbons (Fsp3) is 0.458. The molecule has 0 bridgehead atoms. The molecule has 2 fully saturated rings. The van der Waals surface area contributed by atoms with Crippen molar-refractivity contribution in [2.75, 3.05) is 26.2 Å². The van der Waals surface area contributed by atoms with Crippen LogP contribution in [-0.4, -0.2) is 67.1 Å². The van der Waals surface area contributed by atoms with E-state index >= 15 is 4.39 Å². The highest BCUT2D eigenvalue weighted by atomic mass is 19.4. The third-order valence-corrected chi connectivity index (χ3v) is 6.83. The summed E-state index contributed by atoms with van der Waals surface area (Å²) >= 11 is 0. The van der Waals surface area contributed by atoms with Crippen molar-refractivity contribution in [1.82, 2.24) is 35.2 Å². The van der Waals surface area contributed by atoms with E-state index in [4.69, 9.17) is 0 Å². The largest absolute Gasteiger partial charge is 0.420 e. The third-order valence-electron chi connectivity index (χ3n) is 6.83. The molecule has 2 unspecified atom stereocenters. The number of hydrogen-bond acceptors (Lipinski definition) is 7. The molecule has 196 valence electrons. The van der Waals surface area contributed by atoms with Crippen LogP contribution in [0.2, 0.25) is 0 Å². The molecule has 4 heterocycles. The predicted octanol–water partition coefficient (Wildman–Crippen LogP) is 2.71. The SMILES string of the molecule is Cc1nc(-c2ccc(F)c(C(=O)N3CC4CNCC4C3)c2-n2nccn2)nc(C(C)(C)O)c1C(F)(F)F. The van der Waals surface area contributed by atoms with Crippen molar-refractivity contribution in [3.63, 3.8) is 0 Å². The molecule has 1 aromatic carbocycles. The fourth-order valence-electron chi connectivity index (χ4n) is 5.14. The summed E-state index contributed by atoms with van der Waals surface area (Å²) in [6, 6.07) is 2.32. The average molecular weight is 520 g/mol. The van der Waals surface area contributed by atoms with Crippen molar-refractivity contribution < 1.29 is 27.5 Å². The molecule has 0 radical (unpaired) electrons. The predicted molar refractivity (Wildman–Crippen MR) is 123 cm³/mol. The number of aromatic nitrogens is 5. The van der Waals surface area contributed by atoms with E-state index in [-0.39, 0.29) is 34.5 Å². The molecule has 0 spiro atoms. The van der Waals surface area contributed by atoms with Gasteiger partial charge in [-0.3, -0.25) is 4.79 Å². The van der Waals surface area contributed by atoms with Crippen molar-refractivity contribution in [3.05, 3.63) is 52.9 Å². The van der Waals surface area contributed by atoms with Gasteiger partial charge in [-0.05, 0) is 44.7 Å². The van der Waals surface area contributed by atoms with Crippen LogP contribution in [0, 0.1) is 24.6 Å². The molecule has 1 amide bonds. The van der Waals surface area contributed by atoms with Crippen LogP contribution in [0.4, 0.5) is 17.6 Å². The van der Waals surface area contributed by atoms with Crippen LogP contribution in [0.3, 0.4) is 0 Å². The van der Waals surface area contributed by atoms with Gasteiger partial charge in [0.1, 0.15) is 28.2 Å². The number of rotatable bonds is 4. The van der Waals surface area contributed by atoms with Crippen LogP contribution in [0.5, 0.6) is 0 Å². The second-order valence-electron chi connectivity index (χ2n) is 9.94. The fourth-order valence-corrected chi connectivity index (χ4v) is 5.14. The summed E-state index contributed by atoms with van der Waals surface area (Å²) in [5.41, 5.74) is -4.57. The van der Waals surface area contributed by atoms with E-state index in [1.165, 1.54) is 32.3 Å². The van der Waals surface area contributed by atoms with Crippen molar-refractivity contribution in [1.29, 1.82) is 0 Å². The Bertz CT molecular complexity index is 1340. The van der Waals surface area contributed by atoms with E-state index < -0.39 is 40.5 Å². The summed E-state index contributed by atoms with van der Waals surface area (Å²) < 4.78 is 56.9. The van der Waals surface area contributed by atoms with E-state index in [1.807, 2.05) is 0 Å². The van der Waals surface area contributed by atoms with Crippen molar-refractivity contribution in [3.8, 4) is 17.1 Å². The van der Waals surface area contributed by atoms with E-state index in [2.05, 4.69) is 25.5 Å². The van der Waals surface area contributed by atoms with Crippen molar-refractivity contribution in [2.45, 2.75) is 32.5 Å². The lowest BCUT2D eigenvalue weighted by molar-refractivity contribution is -0.141. The number of carbonyl (C=O) groups is 1. The number of alkyl halides is 3. The second-order valence-corrected chi connectivity index (χ2v) is 9.94. The lowest BCUT2D eigenvalue weighted by Gasteiger charge is -2.24. The number of amides is 1. The molecule has 2 aliphatic heterocycles. The quantitative estimate of drug-likeness (QED) is 0.511. The zero-order valence-corrected chi connectivity index (χ0v) is 20.3. The molecule has 37 heavy (non-hydrogen) atoms. The Hall–Kier alpha value is -3.45. The van der Waals surface area contributed by atoms with Gasteiger partial charge in [0.15, 0.2) is 5.82 Å². The van der Waals surface area contributed by atoms with Gasteiger partial charge in [-0.25, -0.2) is 14.4 Å². The first kappa shape index (κ1) is 25.2. The minimum absolute atomic E-state index is 0.0457. The number of halogens is 4. The molecule has 2 atom stereocenters. The smallest absolute Gasteiger partial charge is 0.384 e. The molecule has 0 saturated carbocycles. The third kappa shape index (κ3) is 4.46. The molecular formula is C24H25F4N7O2. The van der Waals surface area contributed by atoms with Gasteiger partial charge in [0.25, 0.3) is 5.91 Å². The Morgan fingerprint density at radius 3 is 2.27 bits per heavy atom. The minimum atomic E-state index is -4.82. The van der Waals surface area contributed by atoms with Crippen LogP contribution in [-0.2, 0) is 11.8 Å². The van der Waals surface area contributed by atoms with Crippen LogP contribution in [0.1, 0.15) is 41.2 Å². The molecular weight excluding hydrogens is 494 g/mol. The molecule has 3 aromatic rings. The lowest BCUT2D eigenvalue weighted by Crippen LogP contribution is -2.33. The number of benzene rings is 1. The highest BCUT2D eigenvalue weighted by Crippen LogP contribution is 2.39. The molecule has 2 saturated heterocycles. The van der Waals surface area contributed by atoms with Crippen LogP contribution in [0.15, 0.2) is 24.5 Å². The maximum Gasteiger partial charge on any atom is 0.420 e. The Labute approximate surface area is 209 Å². The van der Waals surface area contributed by atoms with Gasteiger partial charge in [-0.1, -0.05) is 0 Å². The minimum Gasteiger partial charge on any atom is -0.384 e. The number of fused-ring (bicyclic) bond motifs is 1. The first-order valence-electron chi connectivity index (χ1n) is 11.7. The van der Waals surface area contributed by atoms with Gasteiger partial charge in [0, 0.05) is 31.7 Å². The van der Waals surface area contributed by atoms with E-state index in [9.17, 15) is 23.1 Å². The maximum atomic E-state index is 15.3. The number of aliphatic hydroxyl groups is 1. The number of nitrogens with one attached hydrogen (secondary N) is 1. The van der Waals surface area contributed by atoms with Crippen molar-refractivity contribution in [2.24, 2.45) is 11.8 Å². The molecule has 2 aromatic heterocycles. The summed E-state index contributed by atoms with van der Waals surface area (Å²) in [7, 11) is 0. The first-order chi connectivity index (χ1) is 17.4. The number of nitrogens with zero attached hydrogens (tertiary/aromatic N) is 6. The Morgan fingerprint density at radius 2 is 1.70 bits per heavy atom. The first-order valence-corrected chi connectivity index (χ1v) is 11.7. The Kier molecular flexibility index (Phi) is 6.02. The number of aryl methyl sites for hydroxylation is 1. The van der Waals surface area contributed by atoms with Crippen LogP contribution in [0.25, 0.3) is 17.1 Å². The summed E-state index contributed by atoms with van der Waals surface area (Å²) in [6.45, 7) is 5.95. The van der Waals surface area contributed by atoms with Gasteiger partial charge in [0.2, 0.25) is 0 Å². The number of hydrogen-bond donors (Lipinski definition) is 2. The summed E-state index contributed by atoms with van der Waals surface area (Å²) in [6.07, 6.45) is -2.16. The van der Waals surface area contributed by atoms with Crippen LogP contribution >= 0.6 is 0 Å². The maximum absolute atomic E-state index is 15.3. The summed E-state index contributed by atoms with van der Waals surface area (Å²) in [4.78, 5) is 24.4. The van der Waals surface area contributed by atoms with Gasteiger partial charge in [-0.15, -0.1) is 4.80 Å². The highest BCUT2D eigenvalue weighted by molar-refractivity contribution is 6.00. The monoisotopic (exact) mass is 519 g/mol. The van der Waals surface area contributed by atoms with Crippen molar-refractivity contribution >= 4 is 5.91 Å². The van der Waals surface area contributed by atoms with Gasteiger partial charge in [0.05, 0.1) is 23.8 Å². The van der Waals surface area contributed by atoms with Crippen LogP contribution < -0.4 is 5.32 Å². The average Bonchev–Trinajstić information content (AvgIpc) is 3.54. The number of likely N-dealkylation sites (tertiary alicyclic amines) is 1. The number of carbonyl (C=O) groups excluding carboxylic acids is 1. The second kappa shape index (κ2) is 8.84. The zero-order valence-electron chi connectivity index (χ0n) is 20.3. The van der Waals surface area contributed by atoms with Gasteiger partial charge >= 0.3 is 6.18 Å². The molecule has 9 nitrogen and oxygen atoms in total. The Morgan fingerprint density at radius 1 is 1.08 bits per heavy atom. The molecule has 2 aliphatic rings. The molecule has 2 N–H and O–H groups in total. The lowest BCUT2D eigenvalue weighted by atomic mass is 9.97. The van der Waals surface area contributed by atoms with E-state index in [1.54, 1.807) is 4.90 Å². The standard InChI is InChI=1S/C24H25F4N7O2/c1-12-18(24(26,27)28)20(23(2,3)37)33-21(32-12)15-4-5-16(25)17(19(15)35-30-6-7-31-35)22(36)34-10-13-8-29-9-14(13)11-34/h4-7,13-14,29,37H,8-11H2,1-3H3. The zero-order chi connectivity index (χ0) is 26.7. The summed E-state index contributed by atoms with van der Waals surface area (Å²) in [5.74, 6) is -1.12. The normalized spacial score (nSPS) is 19.9. The Balaban J connectivity index is 1.71. The van der Waals surface area contributed by atoms with E-state index in [0.29, 0.717) is 13.1 Å². The topological polar surface area (TPSA) is 109 Å². The molecule has 0 aliphatic carbocycles. The van der Waals surface area contributed by atoms with Gasteiger partial charge in [-0.2, -0.15) is 23.4 Å². The summed E-state index contributed by atoms with van der Waals surface area (Å²) in [5, 5.41) is 22.0. The molecule has 5 rings (SSSR count). The van der Waals surface area contributed by atoms with E-state index in [0.717, 1.165) is 30.9 Å². The molecule has 13 heteroatoms.